The molecule has 0 unspecified atom stereocenters. The van der Waals surface area contributed by atoms with Gasteiger partial charge in [0.05, 0.1) is 0 Å². The molecular weight excluding hydrogens is 583 g/mol. The van der Waals surface area contributed by atoms with Crippen molar-refractivity contribution in [3.63, 3.8) is 0 Å². The Morgan fingerprint density at radius 2 is 1.32 bits per heavy atom. The van der Waals surface area contributed by atoms with Crippen LogP contribution < -0.4 is 24.8 Å². The molecule has 38 heavy (non-hydrogen) atoms. The van der Waals surface area contributed by atoms with E-state index in [-0.39, 0.29) is 24.8 Å². The van der Waals surface area contributed by atoms with Crippen molar-refractivity contribution in [3.8, 4) is 0 Å². The molecule has 0 spiro atoms. The van der Waals surface area contributed by atoms with Gasteiger partial charge in [-0.15, -0.1) is 46.2 Å². The van der Waals surface area contributed by atoms with E-state index in [1.807, 2.05) is 12.2 Å². The Morgan fingerprint density at radius 1 is 0.763 bits per heavy atom. The first-order valence-corrected chi connectivity index (χ1v) is 13.8. The van der Waals surface area contributed by atoms with Gasteiger partial charge in [0.15, 0.2) is 0 Å². The number of hydrogen-bond donors (Lipinski definition) is 0. The minimum atomic E-state index is 0. The summed E-state index contributed by atoms with van der Waals surface area (Å²) in [6.45, 7) is 6.47. The first-order chi connectivity index (χ1) is 17.5. The Morgan fingerprint density at radius 3 is 1.76 bits per heavy atom. The number of aryl methyl sites for hydroxylation is 3. The molecule has 0 radical (unpaired) electrons. The van der Waals surface area contributed by atoms with Crippen molar-refractivity contribution in [2.75, 3.05) is 0 Å². The number of hydrogen-bond acceptors (Lipinski definition) is 0. The molecule has 0 aliphatic heterocycles. The van der Waals surface area contributed by atoms with Gasteiger partial charge in [-0.05, 0) is 13.8 Å². The summed E-state index contributed by atoms with van der Waals surface area (Å²) in [6, 6.07) is 35.1. The molecule has 0 saturated carbocycles. The van der Waals surface area contributed by atoms with E-state index in [2.05, 4.69) is 130 Å². The molecule has 6 rings (SSSR count). The average Bonchev–Trinajstić information content (AvgIpc) is 3.60. The topological polar surface area (TPSA) is 0 Å². The van der Waals surface area contributed by atoms with Crippen LogP contribution in [0.5, 0.6) is 0 Å². The predicted octanol–water partition coefficient (Wildman–Crippen LogP) is 3.01. The molecule has 0 N–H and O–H groups in total. The van der Waals surface area contributed by atoms with E-state index < -0.39 is 0 Å². The van der Waals surface area contributed by atoms with E-state index in [9.17, 15) is 0 Å². The van der Waals surface area contributed by atoms with Crippen LogP contribution in [0.15, 0.2) is 115 Å². The molecule has 0 saturated heterocycles. The second-order valence-electron chi connectivity index (χ2n) is 9.12. The minimum absolute atomic E-state index is 0. The Hall–Kier alpha value is -2.44. The second-order valence-corrected chi connectivity index (χ2v) is 10.3. The number of halogens is 2. The van der Waals surface area contributed by atoms with Crippen LogP contribution in [0.2, 0.25) is 0 Å². The zero-order chi connectivity index (χ0) is 25.3. The van der Waals surface area contributed by atoms with Crippen LogP contribution >= 0.6 is 0 Å². The van der Waals surface area contributed by atoms with Crippen LogP contribution in [0.3, 0.4) is 0 Å². The average molecular weight is 615 g/mol. The van der Waals surface area contributed by atoms with Crippen molar-refractivity contribution in [2.24, 2.45) is 0 Å². The maximum atomic E-state index is 2.99. The fourth-order valence-corrected chi connectivity index (χ4v) is 5.10. The summed E-state index contributed by atoms with van der Waals surface area (Å²) in [5, 5.41) is 5.46. The van der Waals surface area contributed by atoms with Gasteiger partial charge < -0.3 is 24.8 Å². The standard InChI is InChI=1S/C15H13.C15H14.C5H5.2ClH.Zr/c1-10-3-5-14-12(7-10)9-13-8-11(2)4-6-15(13)14;1-2-13-8-10-15(11-9-13)12-14-6-4-3-5-7-14;1-2-4-5-3-1;;;/h3-9H,1-2H3;3-11H,2H2,1H3;1-3H,4H2;2*1H;/q-1;;-1;;;+2/p-2. The first-order valence-electron chi connectivity index (χ1n) is 12.6. The fourth-order valence-electron chi connectivity index (χ4n) is 4.28. The molecule has 0 aromatic heterocycles. The maximum Gasteiger partial charge on any atom is -0.0469 e. The van der Waals surface area contributed by atoms with Crippen molar-refractivity contribution in [1.29, 1.82) is 0 Å². The Balaban J connectivity index is 0.000000216. The Kier molecular flexibility index (Phi) is 13.3. The summed E-state index contributed by atoms with van der Waals surface area (Å²) in [5.74, 6) is 0. The van der Waals surface area contributed by atoms with Gasteiger partial charge in [-0.1, -0.05) is 35.4 Å². The predicted molar refractivity (Wildman–Crippen MR) is 154 cm³/mol. The van der Waals surface area contributed by atoms with E-state index in [1.54, 1.807) is 0 Å². The van der Waals surface area contributed by atoms with Crippen LogP contribution in [-0.4, -0.2) is 3.21 Å². The third-order valence-corrected chi connectivity index (χ3v) is 7.73. The molecule has 5 aromatic carbocycles. The van der Waals surface area contributed by atoms with Gasteiger partial charge >= 0.3 is 112 Å². The van der Waals surface area contributed by atoms with Crippen LogP contribution in [0, 0.1) is 19.9 Å². The van der Waals surface area contributed by atoms with Crippen molar-refractivity contribution < 1.29 is 49.0 Å². The Labute approximate surface area is 255 Å². The van der Waals surface area contributed by atoms with Crippen LogP contribution in [-0.2, 0) is 30.7 Å². The molecule has 0 atom stereocenters. The second kappa shape index (κ2) is 15.8. The van der Waals surface area contributed by atoms with Crippen LogP contribution in [0.25, 0.3) is 21.5 Å². The molecule has 3 heteroatoms. The van der Waals surface area contributed by atoms with Crippen LogP contribution in [0.1, 0.15) is 41.2 Å². The van der Waals surface area contributed by atoms with E-state index >= 15 is 0 Å². The SMILES string of the molecule is CCc1ccc([C](=[Zr+2])c2ccccc2)cc1.Cc1ccc2c(c1)[cH-]c1cc(C)ccc12.[C-]1=CC=CC1.[Cl-].[Cl-]. The van der Waals surface area contributed by atoms with Crippen molar-refractivity contribution in [1.82, 2.24) is 0 Å². The first kappa shape index (κ1) is 31.8. The molecule has 5 aromatic rings. The third kappa shape index (κ3) is 8.54. The van der Waals surface area contributed by atoms with E-state index in [1.165, 1.54) is 76.8 Å². The van der Waals surface area contributed by atoms with Crippen molar-refractivity contribution >= 4 is 24.8 Å². The largest absolute Gasteiger partial charge is 1.00 e. The van der Waals surface area contributed by atoms with Gasteiger partial charge in [0, 0.05) is 0 Å². The summed E-state index contributed by atoms with van der Waals surface area (Å²) < 4.78 is 1.43. The maximum absolute atomic E-state index is 2.99. The quantitative estimate of drug-likeness (QED) is 0.275. The monoisotopic (exact) mass is 612 g/mol. The van der Waals surface area contributed by atoms with Crippen molar-refractivity contribution in [2.45, 2.75) is 33.6 Å². The molecule has 0 nitrogen and oxygen atoms in total. The number of benzene rings is 4. The molecule has 0 heterocycles. The zero-order valence-electron chi connectivity index (χ0n) is 22.1. The summed E-state index contributed by atoms with van der Waals surface area (Å²) in [4.78, 5) is 0. The summed E-state index contributed by atoms with van der Waals surface area (Å²) >= 11 is 1.47. The number of fused-ring (bicyclic) bond motifs is 3. The summed E-state index contributed by atoms with van der Waals surface area (Å²) in [5.41, 5.74) is 6.75. The van der Waals surface area contributed by atoms with Gasteiger partial charge in [0.2, 0.25) is 0 Å². The molecule has 0 amide bonds. The molecule has 192 valence electrons. The zero-order valence-corrected chi connectivity index (χ0v) is 26.1. The molecule has 0 fully saturated rings. The normalized spacial score (nSPS) is 11.1. The van der Waals surface area contributed by atoms with E-state index in [0.717, 1.165) is 12.8 Å². The van der Waals surface area contributed by atoms with Gasteiger partial charge in [0.25, 0.3) is 0 Å². The fraction of sp³-hybridized carbons (Fsp3) is 0.143. The van der Waals surface area contributed by atoms with Gasteiger partial charge in [-0.3, -0.25) is 6.08 Å². The summed E-state index contributed by atoms with van der Waals surface area (Å²) in [7, 11) is 0. The van der Waals surface area contributed by atoms with Gasteiger partial charge in [-0.25, -0.2) is 12.2 Å². The third-order valence-electron chi connectivity index (χ3n) is 6.31. The van der Waals surface area contributed by atoms with E-state index in [4.69, 9.17) is 0 Å². The molecule has 0 bridgehead atoms. The Bertz CT molecular complexity index is 1440. The van der Waals surface area contributed by atoms with E-state index in [0.29, 0.717) is 0 Å². The number of rotatable bonds is 3. The summed E-state index contributed by atoms with van der Waals surface area (Å²) in [6.07, 6.45) is 11.1. The van der Waals surface area contributed by atoms with Crippen LogP contribution in [0.4, 0.5) is 0 Å². The number of allylic oxidation sites excluding steroid dienone is 4. The molecular formula is C35H32Cl2Zr-2. The smallest absolute Gasteiger partial charge is 0.0469 e. The molecule has 1 aliphatic rings. The molecule has 1 aliphatic carbocycles. The van der Waals surface area contributed by atoms with Gasteiger partial charge in [0.1, 0.15) is 0 Å². The minimum Gasteiger partial charge on any atom is -1.00 e. The van der Waals surface area contributed by atoms with Gasteiger partial charge in [-0.2, -0.15) is 6.08 Å². The van der Waals surface area contributed by atoms with Crippen molar-refractivity contribution in [3.05, 3.63) is 149 Å².